The number of carbonyl (C=O) groups is 1. The Hall–Kier alpha value is -1.59. The Labute approximate surface area is 393 Å². The summed E-state index contributed by atoms with van der Waals surface area (Å²) in [6, 6.07) is 0. The number of carbonyl (C=O) groups excluding carboxylic acids is 1. The highest BCUT2D eigenvalue weighted by molar-refractivity contribution is 5.69. The molecule has 0 aromatic heterocycles. The Kier molecular flexibility index (Phi) is 43.9. The molecule has 0 aromatic carbocycles. The van der Waals surface area contributed by atoms with E-state index in [2.05, 4.69) is 50.3 Å². The van der Waals surface area contributed by atoms with Crippen molar-refractivity contribution in [3.63, 3.8) is 0 Å². The molecule has 9 nitrogen and oxygen atoms in total. The number of aliphatic hydroxyl groups is 4. The summed E-state index contributed by atoms with van der Waals surface area (Å²) < 4.78 is 22.9. The summed E-state index contributed by atoms with van der Waals surface area (Å²) in [6.45, 7) is 4.56. The van der Waals surface area contributed by atoms with Crippen LogP contribution in [-0.4, -0.2) is 89.6 Å². The first-order valence-corrected chi connectivity index (χ1v) is 27.1. The average molecular weight is 907 g/mol. The molecule has 1 aliphatic heterocycles. The van der Waals surface area contributed by atoms with E-state index in [1.165, 1.54) is 186 Å². The molecule has 0 aromatic rings. The fourth-order valence-corrected chi connectivity index (χ4v) is 8.28. The molecule has 4 N–H and O–H groups in total. The summed E-state index contributed by atoms with van der Waals surface area (Å²) in [5.41, 5.74) is 0. The van der Waals surface area contributed by atoms with Crippen molar-refractivity contribution in [2.75, 3.05) is 26.4 Å². The van der Waals surface area contributed by atoms with Crippen LogP contribution in [0.15, 0.2) is 36.5 Å². The predicted octanol–water partition coefficient (Wildman–Crippen LogP) is 13.5. The molecule has 1 fully saturated rings. The number of unbranched alkanes of at least 4 members (excludes halogenated alkanes) is 30. The van der Waals surface area contributed by atoms with E-state index in [9.17, 15) is 25.2 Å². The van der Waals surface area contributed by atoms with Crippen LogP contribution < -0.4 is 0 Å². The number of allylic oxidation sites excluding steroid dienone is 6. The van der Waals surface area contributed by atoms with Gasteiger partial charge in [-0.2, -0.15) is 0 Å². The van der Waals surface area contributed by atoms with E-state index in [1.807, 2.05) is 0 Å². The van der Waals surface area contributed by atoms with Crippen molar-refractivity contribution < 1.29 is 44.2 Å². The molecule has 6 atom stereocenters. The van der Waals surface area contributed by atoms with Crippen LogP contribution in [0.5, 0.6) is 0 Å². The number of aliphatic hydroxyl groups excluding tert-OH is 4. The van der Waals surface area contributed by atoms with Crippen molar-refractivity contribution in [3.8, 4) is 0 Å². The van der Waals surface area contributed by atoms with Crippen LogP contribution in [0.3, 0.4) is 0 Å². The van der Waals surface area contributed by atoms with Crippen LogP contribution >= 0.6 is 0 Å². The first-order chi connectivity index (χ1) is 31.4. The van der Waals surface area contributed by atoms with Gasteiger partial charge in [0.15, 0.2) is 6.29 Å². The van der Waals surface area contributed by atoms with E-state index < -0.39 is 43.4 Å². The molecule has 1 saturated heterocycles. The lowest BCUT2D eigenvalue weighted by Gasteiger charge is -2.39. The molecule has 0 aliphatic carbocycles. The Morgan fingerprint density at radius 2 is 0.906 bits per heavy atom. The van der Waals surface area contributed by atoms with Crippen molar-refractivity contribution in [2.24, 2.45) is 0 Å². The number of hydrogen-bond acceptors (Lipinski definition) is 9. The van der Waals surface area contributed by atoms with E-state index in [4.69, 9.17) is 18.9 Å². The lowest BCUT2D eigenvalue weighted by Crippen LogP contribution is -2.59. The van der Waals surface area contributed by atoms with Gasteiger partial charge in [-0.1, -0.05) is 204 Å². The minimum atomic E-state index is -1.54. The smallest absolute Gasteiger partial charge is 0.306 e. The summed E-state index contributed by atoms with van der Waals surface area (Å²) >= 11 is 0. The van der Waals surface area contributed by atoms with Crippen molar-refractivity contribution in [1.29, 1.82) is 0 Å². The van der Waals surface area contributed by atoms with E-state index in [0.717, 1.165) is 38.5 Å². The summed E-state index contributed by atoms with van der Waals surface area (Å²) in [7, 11) is 0. The van der Waals surface area contributed by atoms with Crippen molar-refractivity contribution in [1.82, 2.24) is 0 Å². The maximum atomic E-state index is 12.9. The largest absolute Gasteiger partial charge is 0.457 e. The van der Waals surface area contributed by atoms with E-state index in [1.54, 1.807) is 0 Å². The number of rotatable bonds is 47. The highest BCUT2D eigenvalue weighted by Crippen LogP contribution is 2.23. The molecule has 0 spiro atoms. The Bertz CT molecular complexity index is 1080. The third-order valence-electron chi connectivity index (χ3n) is 12.5. The molecule has 0 saturated carbocycles. The van der Waals surface area contributed by atoms with Crippen LogP contribution in [-0.2, 0) is 23.7 Å². The van der Waals surface area contributed by atoms with Crippen molar-refractivity contribution in [3.05, 3.63) is 36.5 Å². The molecule has 1 aliphatic rings. The van der Waals surface area contributed by atoms with Crippen LogP contribution in [0.2, 0.25) is 0 Å². The first kappa shape index (κ1) is 60.4. The van der Waals surface area contributed by atoms with Gasteiger partial charge in [0.05, 0.1) is 19.8 Å². The quantitative estimate of drug-likeness (QED) is 0.0267. The molecule has 0 bridgehead atoms. The summed E-state index contributed by atoms with van der Waals surface area (Å²) in [5, 5.41) is 40.3. The second kappa shape index (κ2) is 46.5. The van der Waals surface area contributed by atoms with Gasteiger partial charge >= 0.3 is 5.97 Å². The minimum Gasteiger partial charge on any atom is -0.457 e. The summed E-state index contributed by atoms with van der Waals surface area (Å²) in [5.74, 6) is -0.314. The molecular weight excluding hydrogens is 805 g/mol. The molecule has 6 unspecified atom stereocenters. The zero-order chi connectivity index (χ0) is 46.4. The van der Waals surface area contributed by atoms with Crippen LogP contribution in [0.25, 0.3) is 0 Å². The van der Waals surface area contributed by atoms with Crippen LogP contribution in [0.1, 0.15) is 245 Å². The average Bonchev–Trinajstić information content (AvgIpc) is 3.30. The molecule has 0 amide bonds. The van der Waals surface area contributed by atoms with Gasteiger partial charge in [0.25, 0.3) is 0 Å². The van der Waals surface area contributed by atoms with Gasteiger partial charge in [0.2, 0.25) is 0 Å². The van der Waals surface area contributed by atoms with Gasteiger partial charge in [0.1, 0.15) is 30.5 Å². The van der Waals surface area contributed by atoms with Gasteiger partial charge in [0, 0.05) is 13.0 Å². The third-order valence-corrected chi connectivity index (χ3v) is 12.5. The maximum absolute atomic E-state index is 12.9. The normalized spacial score (nSPS) is 19.8. The Morgan fingerprint density at radius 3 is 1.39 bits per heavy atom. The topological polar surface area (TPSA) is 135 Å². The lowest BCUT2D eigenvalue weighted by atomic mass is 9.99. The van der Waals surface area contributed by atoms with Crippen molar-refractivity contribution in [2.45, 2.75) is 282 Å². The maximum Gasteiger partial charge on any atom is 0.306 e. The SMILES string of the molecule is CCCCC/C=C\C/C=C\CCCCCCCCCCCCOCC(COC1OC(CO)C(O)C(O)C1O)OC(=O)CCCCCCCCCCC/C=C\CCCCCCCCCC. The van der Waals surface area contributed by atoms with Gasteiger partial charge in [-0.3, -0.25) is 4.79 Å². The fourth-order valence-electron chi connectivity index (χ4n) is 8.28. The van der Waals surface area contributed by atoms with Crippen LogP contribution in [0.4, 0.5) is 0 Å². The zero-order valence-electron chi connectivity index (χ0n) is 41.5. The first-order valence-electron chi connectivity index (χ1n) is 27.1. The zero-order valence-corrected chi connectivity index (χ0v) is 41.5. The van der Waals surface area contributed by atoms with E-state index in [-0.39, 0.29) is 19.2 Å². The molecule has 1 rings (SSSR count). The fraction of sp³-hybridized carbons (Fsp3) is 0.873. The number of esters is 1. The van der Waals surface area contributed by atoms with Gasteiger partial charge < -0.3 is 39.4 Å². The van der Waals surface area contributed by atoms with Gasteiger partial charge in [-0.05, 0) is 70.6 Å². The highest BCUT2D eigenvalue weighted by atomic mass is 16.7. The molecule has 0 radical (unpaired) electrons. The van der Waals surface area contributed by atoms with Gasteiger partial charge in [-0.25, -0.2) is 0 Å². The predicted molar refractivity (Wildman–Crippen MR) is 265 cm³/mol. The van der Waals surface area contributed by atoms with E-state index in [0.29, 0.717) is 13.0 Å². The second-order valence-corrected chi connectivity index (χ2v) is 18.7. The molecule has 9 heteroatoms. The molecule has 376 valence electrons. The van der Waals surface area contributed by atoms with Crippen LogP contribution in [0, 0.1) is 0 Å². The minimum absolute atomic E-state index is 0.114. The standard InChI is InChI=1S/C55H102O9/c1-3-5-7-9-11-13-15-17-19-21-23-25-26-28-30-32-34-36-38-40-42-44-51(57)63-49(48-62-55-54(60)53(59)52(58)50(46-56)64-55)47-61-45-43-41-39-37-35-33-31-29-27-24-22-20-18-16-14-12-10-8-6-4-2/h12,14,18,20-21,23,49-50,52-56,58-60H,3-11,13,15-17,19,22,24-48H2,1-2H3/b14-12-,20-18-,23-21-. The second-order valence-electron chi connectivity index (χ2n) is 18.7. The Balaban J connectivity index is 2.18. The molecule has 64 heavy (non-hydrogen) atoms. The van der Waals surface area contributed by atoms with Gasteiger partial charge in [-0.15, -0.1) is 0 Å². The summed E-state index contributed by atoms with van der Waals surface area (Å²) in [6.07, 6.45) is 50.3. The Morgan fingerprint density at radius 1 is 0.500 bits per heavy atom. The van der Waals surface area contributed by atoms with E-state index >= 15 is 0 Å². The molecular formula is C55H102O9. The number of ether oxygens (including phenoxy) is 4. The lowest BCUT2D eigenvalue weighted by molar-refractivity contribution is -0.305. The monoisotopic (exact) mass is 907 g/mol. The highest BCUT2D eigenvalue weighted by Gasteiger charge is 2.44. The summed E-state index contributed by atoms with van der Waals surface area (Å²) in [4.78, 5) is 12.9. The van der Waals surface area contributed by atoms with Crippen molar-refractivity contribution >= 4 is 5.97 Å². The third kappa shape index (κ3) is 36.5. The number of hydrogen-bond donors (Lipinski definition) is 4. The molecule has 1 heterocycles.